The number of allylic oxidation sites excluding steroid dienone is 1. The molecule has 1 rings (SSSR count). The average molecular weight is 268 g/mol. The highest BCUT2D eigenvalue weighted by molar-refractivity contribution is 8.13. The third kappa shape index (κ3) is 6.08. The number of aryl methyl sites for hydroxylation is 1. The highest BCUT2D eigenvalue weighted by Gasteiger charge is 2.00. The summed E-state index contributed by atoms with van der Waals surface area (Å²) >= 11 is 3.20. The molecule has 1 aromatic heterocycles. The van der Waals surface area contributed by atoms with E-state index in [9.17, 15) is 4.79 Å². The normalized spacial score (nSPS) is 11.2. The molecule has 0 aliphatic rings. The Hall–Kier alpha value is -0.540. The van der Waals surface area contributed by atoms with Crippen molar-refractivity contribution in [3.63, 3.8) is 0 Å². The Morgan fingerprint density at radius 1 is 1.53 bits per heavy atom. The predicted octanol–water partition coefficient (Wildman–Crippen LogP) is 4.77. The molecule has 0 aliphatic carbocycles. The van der Waals surface area contributed by atoms with Crippen LogP contribution in [0, 0.1) is 0 Å². The Bertz CT molecular complexity index is 366. The summed E-state index contributed by atoms with van der Waals surface area (Å²) in [4.78, 5) is 12.1. The van der Waals surface area contributed by atoms with E-state index in [0.717, 1.165) is 12.2 Å². The summed E-state index contributed by atoms with van der Waals surface area (Å²) in [6.07, 6.45) is 9.04. The van der Waals surface area contributed by atoms with E-state index in [1.165, 1.54) is 41.5 Å². The zero-order chi connectivity index (χ0) is 12.5. The van der Waals surface area contributed by atoms with Gasteiger partial charge in [-0.2, -0.15) is 0 Å². The maximum absolute atomic E-state index is 10.7. The minimum absolute atomic E-state index is 0.207. The van der Waals surface area contributed by atoms with E-state index in [2.05, 4.69) is 30.5 Å². The van der Waals surface area contributed by atoms with Crippen LogP contribution < -0.4 is 0 Å². The molecule has 0 radical (unpaired) electrons. The third-order valence-corrected chi connectivity index (χ3v) is 4.21. The quantitative estimate of drug-likeness (QED) is 0.662. The summed E-state index contributed by atoms with van der Waals surface area (Å²) in [6.45, 7) is 3.84. The highest BCUT2D eigenvalue weighted by atomic mass is 32.2. The van der Waals surface area contributed by atoms with Crippen molar-refractivity contribution >= 4 is 34.3 Å². The second kappa shape index (κ2) is 8.54. The standard InChI is InChI=1S/C14H20OS2/c1-3-4-7-13-9-11-17-14(13)8-5-6-10-16-12(2)15/h5,8-9,11H,3-4,6-7,10H2,1-2H3. The molecule has 0 saturated carbocycles. The zero-order valence-electron chi connectivity index (χ0n) is 10.6. The summed E-state index contributed by atoms with van der Waals surface area (Å²) in [7, 11) is 0. The summed E-state index contributed by atoms with van der Waals surface area (Å²) in [6, 6.07) is 2.23. The fourth-order valence-corrected chi connectivity index (χ4v) is 2.95. The second-order valence-electron chi connectivity index (χ2n) is 3.94. The first-order chi connectivity index (χ1) is 8.24. The number of rotatable bonds is 7. The molecule has 1 aromatic rings. The molecule has 0 spiro atoms. The van der Waals surface area contributed by atoms with Gasteiger partial charge in [0.25, 0.3) is 0 Å². The summed E-state index contributed by atoms with van der Waals surface area (Å²) in [5, 5.41) is 2.37. The molecule has 94 valence electrons. The first-order valence-corrected chi connectivity index (χ1v) is 7.96. The number of carbonyl (C=O) groups is 1. The maximum Gasteiger partial charge on any atom is 0.185 e. The third-order valence-electron chi connectivity index (χ3n) is 2.44. The SMILES string of the molecule is CCCCc1ccsc1C=CCCSC(C)=O. The van der Waals surface area contributed by atoms with Crippen molar-refractivity contribution in [2.75, 3.05) is 5.75 Å². The highest BCUT2D eigenvalue weighted by Crippen LogP contribution is 2.21. The molecular formula is C14H20OS2. The molecule has 3 heteroatoms. The first kappa shape index (κ1) is 14.5. The van der Waals surface area contributed by atoms with Crippen molar-refractivity contribution in [3.8, 4) is 0 Å². The van der Waals surface area contributed by atoms with Gasteiger partial charge in [0.1, 0.15) is 0 Å². The summed E-state index contributed by atoms with van der Waals surface area (Å²) in [5.74, 6) is 0.890. The number of thioether (sulfide) groups is 1. The van der Waals surface area contributed by atoms with E-state index in [0.29, 0.717) is 0 Å². The Kier molecular flexibility index (Phi) is 7.29. The van der Waals surface area contributed by atoms with Crippen LogP contribution in [0.5, 0.6) is 0 Å². The zero-order valence-corrected chi connectivity index (χ0v) is 12.2. The van der Waals surface area contributed by atoms with Crippen LogP contribution in [-0.2, 0) is 11.2 Å². The van der Waals surface area contributed by atoms with Gasteiger partial charge in [-0.05, 0) is 42.3 Å². The van der Waals surface area contributed by atoms with Crippen LogP contribution in [0.3, 0.4) is 0 Å². The molecule has 0 bridgehead atoms. The Morgan fingerprint density at radius 2 is 2.35 bits per heavy atom. The van der Waals surface area contributed by atoms with E-state index < -0.39 is 0 Å². The minimum atomic E-state index is 0.207. The lowest BCUT2D eigenvalue weighted by atomic mass is 10.1. The average Bonchev–Trinajstić information content (AvgIpc) is 2.73. The molecule has 0 amide bonds. The number of hydrogen-bond donors (Lipinski definition) is 0. The molecule has 0 saturated heterocycles. The predicted molar refractivity (Wildman–Crippen MR) is 79.7 cm³/mol. The van der Waals surface area contributed by atoms with Gasteiger partial charge in [-0.3, -0.25) is 4.79 Å². The molecule has 0 aliphatic heterocycles. The lowest BCUT2D eigenvalue weighted by molar-refractivity contribution is -0.109. The van der Waals surface area contributed by atoms with Gasteiger partial charge in [-0.15, -0.1) is 11.3 Å². The number of unbranched alkanes of at least 4 members (excludes halogenated alkanes) is 1. The van der Waals surface area contributed by atoms with Gasteiger partial charge >= 0.3 is 0 Å². The van der Waals surface area contributed by atoms with E-state index >= 15 is 0 Å². The number of carbonyl (C=O) groups excluding carboxylic acids is 1. The van der Waals surface area contributed by atoms with Crippen LogP contribution in [0.1, 0.15) is 43.6 Å². The fraction of sp³-hybridized carbons (Fsp3) is 0.500. The van der Waals surface area contributed by atoms with Crippen LogP contribution in [-0.4, -0.2) is 10.9 Å². The lowest BCUT2D eigenvalue weighted by Gasteiger charge is -1.98. The van der Waals surface area contributed by atoms with Crippen molar-refractivity contribution in [1.82, 2.24) is 0 Å². The van der Waals surface area contributed by atoms with E-state index in [-0.39, 0.29) is 5.12 Å². The molecular weight excluding hydrogens is 248 g/mol. The van der Waals surface area contributed by atoms with Crippen LogP contribution in [0.15, 0.2) is 17.5 Å². The summed E-state index contributed by atoms with van der Waals surface area (Å²) < 4.78 is 0. The summed E-state index contributed by atoms with van der Waals surface area (Å²) in [5.41, 5.74) is 1.47. The topological polar surface area (TPSA) is 17.1 Å². The largest absolute Gasteiger partial charge is 0.288 e. The monoisotopic (exact) mass is 268 g/mol. The Labute approximate surface area is 112 Å². The molecule has 0 fully saturated rings. The molecule has 1 heterocycles. The first-order valence-electron chi connectivity index (χ1n) is 6.10. The van der Waals surface area contributed by atoms with E-state index in [1.807, 2.05) is 0 Å². The van der Waals surface area contributed by atoms with Crippen molar-refractivity contribution in [3.05, 3.63) is 28.0 Å². The van der Waals surface area contributed by atoms with Crippen LogP contribution >= 0.6 is 23.1 Å². The molecule has 0 atom stereocenters. The maximum atomic E-state index is 10.7. The molecule has 0 N–H and O–H groups in total. The van der Waals surface area contributed by atoms with Gasteiger partial charge in [0.15, 0.2) is 5.12 Å². The smallest absolute Gasteiger partial charge is 0.185 e. The fourth-order valence-electron chi connectivity index (χ4n) is 1.53. The van der Waals surface area contributed by atoms with Gasteiger partial charge in [0.2, 0.25) is 0 Å². The molecule has 0 unspecified atom stereocenters. The minimum Gasteiger partial charge on any atom is -0.288 e. The second-order valence-corrected chi connectivity index (χ2v) is 6.16. The van der Waals surface area contributed by atoms with Crippen LogP contribution in [0.2, 0.25) is 0 Å². The van der Waals surface area contributed by atoms with Crippen molar-refractivity contribution < 1.29 is 4.79 Å². The molecule has 17 heavy (non-hydrogen) atoms. The molecule has 0 aromatic carbocycles. The van der Waals surface area contributed by atoms with E-state index in [4.69, 9.17) is 0 Å². The Balaban J connectivity index is 2.36. The van der Waals surface area contributed by atoms with Crippen molar-refractivity contribution in [1.29, 1.82) is 0 Å². The van der Waals surface area contributed by atoms with Crippen molar-refractivity contribution in [2.45, 2.75) is 39.5 Å². The number of thiophene rings is 1. The molecule has 1 nitrogen and oxygen atoms in total. The van der Waals surface area contributed by atoms with Gasteiger partial charge in [0.05, 0.1) is 0 Å². The number of hydrogen-bond acceptors (Lipinski definition) is 3. The van der Waals surface area contributed by atoms with Gasteiger partial charge in [-0.25, -0.2) is 0 Å². The van der Waals surface area contributed by atoms with Crippen molar-refractivity contribution in [2.24, 2.45) is 0 Å². The van der Waals surface area contributed by atoms with Gasteiger partial charge < -0.3 is 0 Å². The Morgan fingerprint density at radius 3 is 3.06 bits per heavy atom. The van der Waals surface area contributed by atoms with Gasteiger partial charge in [0, 0.05) is 17.6 Å². The van der Waals surface area contributed by atoms with Gasteiger partial charge in [-0.1, -0.05) is 31.2 Å². The van der Waals surface area contributed by atoms with Crippen LogP contribution in [0.4, 0.5) is 0 Å². The lowest BCUT2D eigenvalue weighted by Crippen LogP contribution is -1.85. The van der Waals surface area contributed by atoms with E-state index in [1.54, 1.807) is 18.3 Å². The van der Waals surface area contributed by atoms with Crippen LogP contribution in [0.25, 0.3) is 6.08 Å².